The molecule has 0 radical (unpaired) electrons. The van der Waals surface area contributed by atoms with Crippen molar-refractivity contribution in [1.29, 1.82) is 0 Å². The number of nitrogens with zero attached hydrogens (tertiary/aromatic N) is 1. The van der Waals surface area contributed by atoms with Gasteiger partial charge in [-0.3, -0.25) is 4.79 Å². The summed E-state index contributed by atoms with van der Waals surface area (Å²) in [6.45, 7) is 0. The molecule has 4 nitrogen and oxygen atoms in total. The van der Waals surface area contributed by atoms with Gasteiger partial charge >= 0.3 is 12.7 Å². The molecule has 0 aromatic heterocycles. The number of alkyl halides is 7. The van der Waals surface area contributed by atoms with Gasteiger partial charge in [-0.25, -0.2) is 0 Å². The number of hydrogen-bond acceptors (Lipinski definition) is 3. The largest absolute Gasteiger partial charge is 0.573 e. The number of rotatable bonds is 5. The average Bonchev–Trinajstić information content (AvgIpc) is 2.80. The first-order chi connectivity index (χ1) is 16.9. The van der Waals surface area contributed by atoms with Crippen molar-refractivity contribution < 1.29 is 40.6 Å². The molecule has 36 heavy (non-hydrogen) atoms. The van der Waals surface area contributed by atoms with Gasteiger partial charge in [0, 0.05) is 5.69 Å². The zero-order valence-electron chi connectivity index (χ0n) is 18.4. The van der Waals surface area contributed by atoms with Crippen molar-refractivity contribution in [1.82, 2.24) is 0 Å². The maximum Gasteiger partial charge on any atom is 0.573 e. The number of ether oxygens (including phenoxy) is 2. The van der Waals surface area contributed by atoms with E-state index in [1.54, 1.807) is 30.3 Å². The van der Waals surface area contributed by atoms with E-state index in [0.717, 1.165) is 5.56 Å². The lowest BCUT2D eigenvalue weighted by molar-refractivity contribution is -0.275. The van der Waals surface area contributed by atoms with Crippen molar-refractivity contribution in [2.75, 3.05) is 10.2 Å². The molecule has 1 unspecified atom stereocenters. The number of amides is 1. The molecule has 0 aliphatic carbocycles. The van der Waals surface area contributed by atoms with Crippen LogP contribution in [-0.2, 0) is 11.2 Å². The van der Waals surface area contributed by atoms with Crippen LogP contribution in [0.4, 0.5) is 32.0 Å². The predicted octanol–water partition coefficient (Wildman–Crippen LogP) is 7.57. The first kappa shape index (κ1) is 25.9. The molecule has 1 aliphatic heterocycles. The number of benzene rings is 3. The Labute approximate surface area is 210 Å². The van der Waals surface area contributed by atoms with E-state index in [2.05, 4.69) is 25.4 Å². The van der Waals surface area contributed by atoms with E-state index in [1.165, 1.54) is 41.3 Å². The molecule has 1 heterocycles. The maximum atomic E-state index is 13.0. The molecule has 1 aliphatic rings. The number of halogens is 7. The quantitative estimate of drug-likeness (QED) is 0.233. The Balaban J connectivity index is 1.75. The summed E-state index contributed by atoms with van der Waals surface area (Å²) in [6.07, 6.45) is -8.90. The van der Waals surface area contributed by atoms with Crippen molar-refractivity contribution >= 4 is 27.5 Å². The van der Waals surface area contributed by atoms with E-state index in [9.17, 15) is 31.1 Å². The Morgan fingerprint density at radius 3 is 2.14 bits per heavy atom. The molecule has 190 valence electrons. The highest BCUT2D eigenvalue weighted by molar-refractivity contribution is 9.09. The molecule has 0 saturated heterocycles. The van der Waals surface area contributed by atoms with Crippen molar-refractivity contribution in [3.05, 3.63) is 77.9 Å². The van der Waals surface area contributed by atoms with Gasteiger partial charge < -0.3 is 14.4 Å². The lowest BCUT2D eigenvalue weighted by Crippen LogP contribution is -2.39. The Bertz CT molecular complexity index is 1260. The van der Waals surface area contributed by atoms with Crippen LogP contribution in [0.2, 0.25) is 0 Å². The number of carbonyl (C=O) groups is 1. The highest BCUT2D eigenvalue weighted by Gasteiger charge is 2.35. The third-order valence-corrected chi connectivity index (χ3v) is 6.11. The molecule has 0 bridgehead atoms. The molecule has 3 aromatic rings. The summed E-state index contributed by atoms with van der Waals surface area (Å²) in [5.74, 6) is -1.09. The van der Waals surface area contributed by atoms with Crippen LogP contribution in [0.1, 0.15) is 23.6 Å². The molecule has 0 fully saturated rings. The van der Waals surface area contributed by atoms with Gasteiger partial charge in [-0.1, -0.05) is 52.3 Å². The van der Waals surface area contributed by atoms with Gasteiger partial charge in [-0.05, 0) is 65.4 Å². The topological polar surface area (TPSA) is 38.8 Å². The van der Waals surface area contributed by atoms with Crippen LogP contribution in [0, 0.1) is 0 Å². The number of fused-ring (bicyclic) bond motifs is 1. The lowest BCUT2D eigenvalue weighted by atomic mass is 9.86. The minimum absolute atomic E-state index is 0.0409. The Morgan fingerprint density at radius 1 is 0.889 bits per heavy atom. The van der Waals surface area contributed by atoms with E-state index in [1.807, 2.05) is 0 Å². The second-order valence-electron chi connectivity index (χ2n) is 7.95. The zero-order valence-corrected chi connectivity index (χ0v) is 20.0. The minimum atomic E-state index is -4.86. The zero-order chi connectivity index (χ0) is 26.1. The third-order valence-electron chi connectivity index (χ3n) is 5.63. The summed E-state index contributed by atoms with van der Waals surface area (Å²) < 4.78 is 84.4. The Kier molecular flexibility index (Phi) is 7.21. The van der Waals surface area contributed by atoms with Crippen LogP contribution >= 0.6 is 15.9 Å². The molecule has 3 aromatic carbocycles. The molecular weight excluding hydrogens is 556 g/mol. The van der Waals surface area contributed by atoms with E-state index in [4.69, 9.17) is 0 Å². The summed E-state index contributed by atoms with van der Waals surface area (Å²) in [5.41, 5.74) is 2.81. The van der Waals surface area contributed by atoms with E-state index in [-0.39, 0.29) is 17.0 Å². The predicted molar refractivity (Wildman–Crippen MR) is 124 cm³/mol. The summed E-state index contributed by atoms with van der Waals surface area (Å²) in [4.78, 5) is 14.5. The van der Waals surface area contributed by atoms with Crippen LogP contribution in [0.25, 0.3) is 11.1 Å². The monoisotopic (exact) mass is 573 g/mol. The molecule has 4 rings (SSSR count). The van der Waals surface area contributed by atoms with Crippen molar-refractivity contribution in [3.63, 3.8) is 0 Å². The highest BCUT2D eigenvalue weighted by atomic mass is 79.9. The van der Waals surface area contributed by atoms with Crippen molar-refractivity contribution in [2.24, 2.45) is 0 Å². The smallest absolute Gasteiger partial charge is 0.406 e. The van der Waals surface area contributed by atoms with Crippen LogP contribution in [0.5, 0.6) is 11.5 Å². The Hall–Kier alpha value is -3.21. The van der Waals surface area contributed by atoms with Crippen molar-refractivity contribution in [3.8, 4) is 22.6 Å². The lowest BCUT2D eigenvalue weighted by Gasteiger charge is -2.38. The van der Waals surface area contributed by atoms with E-state index >= 15 is 0 Å². The molecular formula is C25H18BrF6NO3. The maximum absolute atomic E-state index is 13.0. The minimum Gasteiger partial charge on any atom is -0.406 e. The summed E-state index contributed by atoms with van der Waals surface area (Å²) >= 11 is 3.17. The molecule has 0 spiro atoms. The fourth-order valence-corrected chi connectivity index (χ4v) is 4.65. The number of hydrogen-bond donors (Lipinski definition) is 0. The second kappa shape index (κ2) is 10.0. The van der Waals surface area contributed by atoms with Gasteiger partial charge in [-0.15, -0.1) is 26.3 Å². The number of anilines is 1. The molecule has 0 N–H and O–H groups in total. The highest BCUT2D eigenvalue weighted by Crippen LogP contribution is 2.44. The van der Waals surface area contributed by atoms with Gasteiger partial charge in [0.05, 0.1) is 11.4 Å². The number of carbonyl (C=O) groups excluding carboxylic acids is 1. The van der Waals surface area contributed by atoms with Crippen LogP contribution in [0.3, 0.4) is 0 Å². The van der Waals surface area contributed by atoms with Gasteiger partial charge in [-0.2, -0.15) is 0 Å². The van der Waals surface area contributed by atoms with Crippen LogP contribution in [0.15, 0.2) is 66.7 Å². The molecule has 1 amide bonds. The standard InChI is InChI=1S/C25H18BrF6NO3/c26-14-23(34)33-21(16-5-2-7-18(13-16)36-25(30,31)32)11-10-20-19(8-3-9-22(20)33)15-4-1-6-17(12-15)35-24(27,28)29/h1-9,12-13,21H,10-11,14H2. The summed E-state index contributed by atoms with van der Waals surface area (Å²) in [5, 5.41) is -0.0409. The fraction of sp³-hybridized carbons (Fsp3) is 0.240. The summed E-state index contributed by atoms with van der Waals surface area (Å²) in [7, 11) is 0. The first-order valence-electron chi connectivity index (χ1n) is 10.7. The average molecular weight is 574 g/mol. The van der Waals surface area contributed by atoms with Gasteiger partial charge in [0.25, 0.3) is 0 Å². The third kappa shape index (κ3) is 5.95. The van der Waals surface area contributed by atoms with Crippen molar-refractivity contribution in [2.45, 2.75) is 31.6 Å². The summed E-state index contributed by atoms with van der Waals surface area (Å²) in [6, 6.07) is 15.5. The van der Waals surface area contributed by atoms with Gasteiger partial charge in [0.15, 0.2) is 0 Å². The molecule has 11 heteroatoms. The Morgan fingerprint density at radius 2 is 1.50 bits per heavy atom. The van der Waals surface area contributed by atoms with Crippen LogP contribution in [-0.4, -0.2) is 24.0 Å². The SMILES string of the molecule is O=C(CBr)N1c2cccc(-c3cccc(OC(F)(F)F)c3)c2CCC1c1cccc(OC(F)(F)F)c1. The first-order valence-corrected chi connectivity index (χ1v) is 11.8. The van der Waals surface area contributed by atoms with Gasteiger partial charge in [0.1, 0.15) is 11.5 Å². The van der Waals surface area contributed by atoms with Crippen LogP contribution < -0.4 is 14.4 Å². The van der Waals surface area contributed by atoms with E-state index in [0.29, 0.717) is 35.2 Å². The van der Waals surface area contributed by atoms with Gasteiger partial charge in [0.2, 0.25) is 5.91 Å². The molecule has 1 atom stereocenters. The second-order valence-corrected chi connectivity index (χ2v) is 8.51. The normalized spacial score (nSPS) is 15.9. The van der Waals surface area contributed by atoms with E-state index < -0.39 is 24.5 Å². The fourth-order valence-electron chi connectivity index (χ4n) is 4.38. The molecule has 0 saturated carbocycles.